The van der Waals surface area contributed by atoms with Gasteiger partial charge in [-0.1, -0.05) is 12.1 Å². The maximum Gasteiger partial charge on any atom is 0.0337 e. The zero-order valence-electron chi connectivity index (χ0n) is 6.96. The molecule has 0 radical (unpaired) electrons. The molecule has 0 spiro atoms. The summed E-state index contributed by atoms with van der Waals surface area (Å²) in [7, 11) is 1.90. The number of nitrogens with two attached hydrogens (primary N) is 1. The van der Waals surface area contributed by atoms with Crippen LogP contribution in [0.25, 0.3) is 0 Å². The Balaban J connectivity index is 2.83. The molecule has 2 nitrogen and oxygen atoms in total. The zero-order valence-corrected chi connectivity index (χ0v) is 6.96. The summed E-state index contributed by atoms with van der Waals surface area (Å²) in [6.07, 6.45) is 0. The summed E-state index contributed by atoms with van der Waals surface area (Å²) in [6, 6.07) is 8.26. The van der Waals surface area contributed by atoms with Crippen LogP contribution in [0.2, 0.25) is 0 Å². The maximum atomic E-state index is 5.68. The van der Waals surface area contributed by atoms with Crippen molar-refractivity contribution in [3.63, 3.8) is 0 Å². The van der Waals surface area contributed by atoms with Gasteiger partial charge in [0.05, 0.1) is 0 Å². The number of rotatable bonds is 2. The Labute approximate surface area is 67.4 Å². The Bertz CT molecular complexity index is 214. The molecule has 1 aromatic carbocycles. The summed E-state index contributed by atoms with van der Waals surface area (Å²) < 4.78 is 0. The molecule has 0 aliphatic heterocycles. The van der Waals surface area contributed by atoms with Gasteiger partial charge in [0.1, 0.15) is 0 Å². The van der Waals surface area contributed by atoms with Gasteiger partial charge in [-0.15, -0.1) is 0 Å². The largest absolute Gasteiger partial charge is 0.388 e. The molecule has 3 N–H and O–H groups in total. The lowest BCUT2D eigenvalue weighted by Crippen LogP contribution is -2.04. The molecular weight excluding hydrogens is 136 g/mol. The molecule has 1 aromatic rings. The molecule has 0 aromatic heterocycles. The molecule has 0 amide bonds. The fourth-order valence-corrected chi connectivity index (χ4v) is 0.953. The van der Waals surface area contributed by atoms with E-state index >= 15 is 0 Å². The smallest absolute Gasteiger partial charge is 0.0337 e. The first kappa shape index (κ1) is 8.08. The van der Waals surface area contributed by atoms with E-state index in [0.717, 1.165) is 5.69 Å². The summed E-state index contributed by atoms with van der Waals surface area (Å²) in [4.78, 5) is 0. The van der Waals surface area contributed by atoms with Gasteiger partial charge in [0, 0.05) is 18.8 Å². The summed E-state index contributed by atoms with van der Waals surface area (Å²) in [5, 5.41) is 3.05. The first-order valence-corrected chi connectivity index (χ1v) is 3.77. The number of hydrogen-bond acceptors (Lipinski definition) is 2. The quantitative estimate of drug-likeness (QED) is 0.674. The van der Waals surface area contributed by atoms with E-state index in [2.05, 4.69) is 5.32 Å². The van der Waals surface area contributed by atoms with Crippen molar-refractivity contribution in [1.29, 1.82) is 0 Å². The molecule has 0 unspecified atom stereocenters. The van der Waals surface area contributed by atoms with Crippen molar-refractivity contribution in [3.05, 3.63) is 29.8 Å². The predicted octanol–water partition coefficient (Wildman–Crippen LogP) is 1.75. The lowest BCUT2D eigenvalue weighted by molar-refractivity contribution is 0.818. The Morgan fingerprint density at radius 2 is 1.82 bits per heavy atom. The fourth-order valence-electron chi connectivity index (χ4n) is 0.953. The zero-order chi connectivity index (χ0) is 8.27. The summed E-state index contributed by atoms with van der Waals surface area (Å²) in [6.45, 7) is 1.98. The van der Waals surface area contributed by atoms with Crippen LogP contribution in [-0.4, -0.2) is 7.05 Å². The van der Waals surface area contributed by atoms with Crippen molar-refractivity contribution >= 4 is 5.69 Å². The molecule has 0 aliphatic rings. The molecular formula is C9H14N2. The van der Waals surface area contributed by atoms with Crippen LogP contribution in [0.5, 0.6) is 0 Å². The fraction of sp³-hybridized carbons (Fsp3) is 0.333. The van der Waals surface area contributed by atoms with Crippen molar-refractivity contribution < 1.29 is 0 Å². The van der Waals surface area contributed by atoms with Gasteiger partial charge in [0.2, 0.25) is 0 Å². The van der Waals surface area contributed by atoms with Gasteiger partial charge in [-0.05, 0) is 24.6 Å². The molecule has 2 heteroatoms. The van der Waals surface area contributed by atoms with E-state index in [1.165, 1.54) is 5.56 Å². The Morgan fingerprint density at radius 1 is 1.27 bits per heavy atom. The number of anilines is 1. The Hall–Kier alpha value is -1.02. The van der Waals surface area contributed by atoms with E-state index in [0.29, 0.717) is 0 Å². The minimum absolute atomic E-state index is 0.126. The highest BCUT2D eigenvalue weighted by molar-refractivity contribution is 5.44. The monoisotopic (exact) mass is 150 g/mol. The van der Waals surface area contributed by atoms with Crippen molar-refractivity contribution in [2.24, 2.45) is 5.73 Å². The molecule has 0 heterocycles. The maximum absolute atomic E-state index is 5.68. The lowest BCUT2D eigenvalue weighted by atomic mass is 10.1. The summed E-state index contributed by atoms with van der Waals surface area (Å²) in [5.74, 6) is 0. The second-order valence-corrected chi connectivity index (χ2v) is 2.66. The third kappa shape index (κ3) is 1.95. The second kappa shape index (κ2) is 3.39. The van der Waals surface area contributed by atoms with E-state index < -0.39 is 0 Å². The third-order valence-corrected chi connectivity index (χ3v) is 1.73. The van der Waals surface area contributed by atoms with Gasteiger partial charge in [0.25, 0.3) is 0 Å². The van der Waals surface area contributed by atoms with Crippen molar-refractivity contribution in [3.8, 4) is 0 Å². The Morgan fingerprint density at radius 3 is 2.18 bits per heavy atom. The number of benzene rings is 1. The van der Waals surface area contributed by atoms with Crippen LogP contribution in [0.4, 0.5) is 5.69 Å². The molecule has 0 fully saturated rings. The van der Waals surface area contributed by atoms with Crippen molar-refractivity contribution in [2.75, 3.05) is 12.4 Å². The second-order valence-electron chi connectivity index (χ2n) is 2.66. The highest BCUT2D eigenvalue weighted by Gasteiger charge is 1.96. The van der Waals surface area contributed by atoms with Crippen LogP contribution >= 0.6 is 0 Å². The van der Waals surface area contributed by atoms with E-state index in [1.54, 1.807) is 0 Å². The molecule has 0 aliphatic carbocycles. The molecule has 11 heavy (non-hydrogen) atoms. The predicted molar refractivity (Wildman–Crippen MR) is 48.6 cm³/mol. The number of hydrogen-bond donors (Lipinski definition) is 2. The van der Waals surface area contributed by atoms with E-state index in [4.69, 9.17) is 5.73 Å². The molecule has 0 bridgehead atoms. The first-order chi connectivity index (χ1) is 5.24. The van der Waals surface area contributed by atoms with Crippen molar-refractivity contribution in [2.45, 2.75) is 13.0 Å². The normalized spacial score (nSPS) is 12.6. The van der Waals surface area contributed by atoms with E-state index in [-0.39, 0.29) is 6.04 Å². The third-order valence-electron chi connectivity index (χ3n) is 1.73. The van der Waals surface area contributed by atoms with Gasteiger partial charge in [-0.2, -0.15) is 0 Å². The minimum Gasteiger partial charge on any atom is -0.388 e. The molecule has 1 rings (SSSR count). The molecule has 0 saturated carbocycles. The standard InChI is InChI=1S/C9H14N2/c1-7(10)8-3-5-9(11-2)6-4-8/h3-7,11H,10H2,1-2H3/t7-/m0/s1. The van der Waals surface area contributed by atoms with Gasteiger partial charge in [-0.25, -0.2) is 0 Å². The van der Waals surface area contributed by atoms with Crippen LogP contribution < -0.4 is 11.1 Å². The summed E-state index contributed by atoms with van der Waals surface area (Å²) in [5.41, 5.74) is 7.98. The summed E-state index contributed by atoms with van der Waals surface area (Å²) >= 11 is 0. The number of nitrogens with one attached hydrogen (secondary N) is 1. The molecule has 60 valence electrons. The van der Waals surface area contributed by atoms with Crippen LogP contribution in [0, 0.1) is 0 Å². The van der Waals surface area contributed by atoms with Gasteiger partial charge >= 0.3 is 0 Å². The molecule has 1 atom stereocenters. The highest BCUT2D eigenvalue weighted by atomic mass is 14.8. The highest BCUT2D eigenvalue weighted by Crippen LogP contribution is 2.12. The average molecular weight is 150 g/mol. The molecule has 0 saturated heterocycles. The van der Waals surface area contributed by atoms with Crippen LogP contribution in [0.1, 0.15) is 18.5 Å². The van der Waals surface area contributed by atoms with E-state index in [1.807, 2.05) is 38.2 Å². The van der Waals surface area contributed by atoms with Gasteiger partial charge < -0.3 is 11.1 Å². The van der Waals surface area contributed by atoms with Gasteiger partial charge in [-0.3, -0.25) is 0 Å². The van der Waals surface area contributed by atoms with Crippen LogP contribution in [-0.2, 0) is 0 Å². The van der Waals surface area contributed by atoms with Crippen LogP contribution in [0.15, 0.2) is 24.3 Å². The minimum atomic E-state index is 0.126. The van der Waals surface area contributed by atoms with Crippen molar-refractivity contribution in [1.82, 2.24) is 0 Å². The first-order valence-electron chi connectivity index (χ1n) is 3.77. The Kier molecular flexibility index (Phi) is 2.49. The van der Waals surface area contributed by atoms with Crippen LogP contribution in [0.3, 0.4) is 0 Å². The van der Waals surface area contributed by atoms with Gasteiger partial charge in [0.15, 0.2) is 0 Å². The SMILES string of the molecule is CNc1ccc([C@H](C)N)cc1. The topological polar surface area (TPSA) is 38.0 Å². The van der Waals surface area contributed by atoms with E-state index in [9.17, 15) is 0 Å². The lowest BCUT2D eigenvalue weighted by Gasteiger charge is -2.05. The average Bonchev–Trinajstić information content (AvgIpc) is 2.05.